The quantitative estimate of drug-likeness (QED) is 0.775. The molecular weight excluding hydrogens is 378 g/mol. The molecule has 5 rings (SSSR count). The molecule has 2 saturated heterocycles. The summed E-state index contributed by atoms with van der Waals surface area (Å²) in [6, 6.07) is 6.77. The highest BCUT2D eigenvalue weighted by molar-refractivity contribution is 5.81. The molecule has 1 amide bonds. The molecular formula is C23H31N5O2. The Morgan fingerprint density at radius 1 is 1.03 bits per heavy atom. The first-order valence-corrected chi connectivity index (χ1v) is 11.3. The van der Waals surface area contributed by atoms with E-state index in [2.05, 4.69) is 26.9 Å². The van der Waals surface area contributed by atoms with Crippen LogP contribution in [0.1, 0.15) is 44.6 Å². The van der Waals surface area contributed by atoms with Gasteiger partial charge in [-0.05, 0) is 37.5 Å². The van der Waals surface area contributed by atoms with Crippen molar-refractivity contribution < 1.29 is 4.79 Å². The van der Waals surface area contributed by atoms with E-state index in [9.17, 15) is 9.59 Å². The second-order valence-electron chi connectivity index (χ2n) is 9.08. The third kappa shape index (κ3) is 3.60. The summed E-state index contributed by atoms with van der Waals surface area (Å²) in [6.45, 7) is 4.86. The van der Waals surface area contributed by atoms with E-state index in [1.165, 1.54) is 12.8 Å². The first-order chi connectivity index (χ1) is 14.6. The fourth-order valence-corrected chi connectivity index (χ4v) is 5.33. The van der Waals surface area contributed by atoms with Gasteiger partial charge in [-0.2, -0.15) is 0 Å². The molecule has 1 saturated carbocycles. The van der Waals surface area contributed by atoms with E-state index in [0.717, 1.165) is 68.6 Å². The van der Waals surface area contributed by atoms with Crippen LogP contribution < -0.4 is 10.5 Å². The van der Waals surface area contributed by atoms with Crippen molar-refractivity contribution >= 4 is 22.5 Å². The Kier molecular flexibility index (Phi) is 5.23. The van der Waals surface area contributed by atoms with Crippen LogP contribution in [0.4, 0.5) is 5.69 Å². The Balaban J connectivity index is 1.26. The second kappa shape index (κ2) is 8.02. The number of hydrogen-bond donors (Lipinski definition) is 0. The average molecular weight is 410 g/mol. The fraction of sp³-hybridized carbons (Fsp3) is 0.609. The number of hydrogen-bond acceptors (Lipinski definition) is 5. The molecule has 0 radical (unpaired) electrons. The van der Waals surface area contributed by atoms with Gasteiger partial charge in [0.25, 0.3) is 5.56 Å². The molecule has 7 nitrogen and oxygen atoms in total. The molecule has 0 spiro atoms. The van der Waals surface area contributed by atoms with E-state index >= 15 is 0 Å². The summed E-state index contributed by atoms with van der Waals surface area (Å²) in [5.74, 6) is 0.272. The Hall–Kier alpha value is -2.41. The molecule has 160 valence electrons. The van der Waals surface area contributed by atoms with Crippen molar-refractivity contribution in [3.05, 3.63) is 34.9 Å². The monoisotopic (exact) mass is 409 g/mol. The topological polar surface area (TPSA) is 61.7 Å². The standard InChI is InChI=1S/C23H31N5O2/c1-25-19(7-9-22(25)29)15-26-10-12-27(13-11-26)18-6-8-20-21(14-18)24-16-28(23(20)30)17-4-2-3-5-17/h6,8,14,16-17,19H,2-5,7,9-13,15H2,1H3. The van der Waals surface area contributed by atoms with E-state index in [-0.39, 0.29) is 11.5 Å². The number of rotatable bonds is 4. The molecule has 1 unspecified atom stereocenters. The largest absolute Gasteiger partial charge is 0.369 e. The fourth-order valence-electron chi connectivity index (χ4n) is 5.33. The van der Waals surface area contributed by atoms with Crippen LogP contribution in [-0.4, -0.2) is 71.1 Å². The highest BCUT2D eigenvalue weighted by atomic mass is 16.2. The van der Waals surface area contributed by atoms with Crippen LogP contribution in [0.15, 0.2) is 29.3 Å². The van der Waals surface area contributed by atoms with Crippen LogP contribution in [0.25, 0.3) is 10.9 Å². The third-order valence-corrected chi connectivity index (χ3v) is 7.32. The van der Waals surface area contributed by atoms with Crippen molar-refractivity contribution in [3.63, 3.8) is 0 Å². The van der Waals surface area contributed by atoms with Crippen LogP contribution in [0.2, 0.25) is 0 Å². The van der Waals surface area contributed by atoms with Crippen LogP contribution in [0.5, 0.6) is 0 Å². The van der Waals surface area contributed by atoms with Crippen LogP contribution >= 0.6 is 0 Å². The highest BCUT2D eigenvalue weighted by Crippen LogP contribution is 2.29. The van der Waals surface area contributed by atoms with Crippen LogP contribution in [0, 0.1) is 0 Å². The van der Waals surface area contributed by atoms with Gasteiger partial charge in [-0.25, -0.2) is 4.98 Å². The van der Waals surface area contributed by atoms with Gasteiger partial charge in [-0.15, -0.1) is 0 Å². The summed E-state index contributed by atoms with van der Waals surface area (Å²) in [5, 5.41) is 0.723. The predicted molar refractivity (Wildman–Crippen MR) is 118 cm³/mol. The Morgan fingerprint density at radius 3 is 2.50 bits per heavy atom. The van der Waals surface area contributed by atoms with Gasteiger partial charge in [0, 0.05) is 64.0 Å². The molecule has 2 aliphatic heterocycles. The molecule has 3 heterocycles. The summed E-state index contributed by atoms with van der Waals surface area (Å²) >= 11 is 0. The molecule has 1 aromatic heterocycles. The number of nitrogens with zero attached hydrogens (tertiary/aromatic N) is 5. The second-order valence-corrected chi connectivity index (χ2v) is 9.08. The third-order valence-electron chi connectivity index (χ3n) is 7.32. The first-order valence-electron chi connectivity index (χ1n) is 11.3. The van der Waals surface area contributed by atoms with Crippen molar-refractivity contribution in [1.29, 1.82) is 0 Å². The number of likely N-dealkylation sites (tertiary alicyclic amines) is 1. The number of carbonyl (C=O) groups is 1. The summed E-state index contributed by atoms with van der Waals surface area (Å²) < 4.78 is 1.85. The number of carbonyl (C=O) groups excluding carboxylic acids is 1. The Labute approximate surface area is 177 Å². The lowest BCUT2D eigenvalue weighted by molar-refractivity contribution is -0.127. The minimum Gasteiger partial charge on any atom is -0.369 e. The number of anilines is 1. The number of aromatic nitrogens is 2. The van der Waals surface area contributed by atoms with Crippen LogP contribution in [-0.2, 0) is 4.79 Å². The normalized spacial score (nSPS) is 23.8. The Morgan fingerprint density at radius 2 is 1.80 bits per heavy atom. The minimum atomic E-state index is 0.0958. The molecule has 1 atom stereocenters. The van der Waals surface area contributed by atoms with E-state index in [4.69, 9.17) is 0 Å². The maximum Gasteiger partial charge on any atom is 0.261 e. The molecule has 0 bridgehead atoms. The molecule has 3 fully saturated rings. The predicted octanol–water partition coefficient (Wildman–Crippen LogP) is 2.25. The SMILES string of the molecule is CN1C(=O)CCC1CN1CCN(c2ccc3c(=O)n(C4CCCC4)cnc3c2)CC1. The van der Waals surface area contributed by atoms with Gasteiger partial charge in [0.2, 0.25) is 5.91 Å². The van der Waals surface area contributed by atoms with Crippen molar-refractivity contribution in [3.8, 4) is 0 Å². The van der Waals surface area contributed by atoms with Gasteiger partial charge in [0.05, 0.1) is 17.2 Å². The van der Waals surface area contributed by atoms with Gasteiger partial charge in [-0.1, -0.05) is 12.8 Å². The molecule has 3 aliphatic rings. The molecule has 2 aromatic rings. The smallest absolute Gasteiger partial charge is 0.261 e. The number of fused-ring (bicyclic) bond motifs is 1. The van der Waals surface area contributed by atoms with Gasteiger partial charge in [0.1, 0.15) is 0 Å². The number of amides is 1. The van der Waals surface area contributed by atoms with Crippen molar-refractivity contribution in [2.45, 2.75) is 50.6 Å². The zero-order valence-corrected chi connectivity index (χ0v) is 17.8. The number of likely N-dealkylation sites (N-methyl/N-ethyl adjacent to an activating group) is 1. The van der Waals surface area contributed by atoms with Gasteiger partial charge < -0.3 is 9.80 Å². The molecule has 0 N–H and O–H groups in total. The zero-order valence-electron chi connectivity index (χ0n) is 17.8. The average Bonchev–Trinajstić information content (AvgIpc) is 3.41. The van der Waals surface area contributed by atoms with Crippen molar-refractivity contribution in [1.82, 2.24) is 19.4 Å². The van der Waals surface area contributed by atoms with Crippen LogP contribution in [0.3, 0.4) is 0 Å². The summed E-state index contributed by atoms with van der Waals surface area (Å²) in [7, 11) is 1.93. The highest BCUT2D eigenvalue weighted by Gasteiger charge is 2.30. The van der Waals surface area contributed by atoms with Gasteiger partial charge in [0.15, 0.2) is 0 Å². The molecule has 30 heavy (non-hydrogen) atoms. The lowest BCUT2D eigenvalue weighted by atomic mass is 10.1. The van der Waals surface area contributed by atoms with E-state index < -0.39 is 0 Å². The maximum absolute atomic E-state index is 12.9. The zero-order chi connectivity index (χ0) is 20.7. The van der Waals surface area contributed by atoms with Gasteiger partial charge >= 0.3 is 0 Å². The number of benzene rings is 1. The van der Waals surface area contributed by atoms with E-state index in [1.807, 2.05) is 22.6 Å². The maximum atomic E-state index is 12.9. The van der Waals surface area contributed by atoms with Crippen molar-refractivity contribution in [2.75, 3.05) is 44.7 Å². The lowest BCUT2D eigenvalue weighted by Gasteiger charge is -2.38. The lowest BCUT2D eigenvalue weighted by Crippen LogP contribution is -2.50. The molecule has 1 aliphatic carbocycles. The number of piperazine rings is 1. The first kappa shape index (κ1) is 19.5. The van der Waals surface area contributed by atoms with E-state index in [0.29, 0.717) is 18.5 Å². The minimum absolute atomic E-state index is 0.0958. The van der Waals surface area contributed by atoms with E-state index in [1.54, 1.807) is 6.33 Å². The Bertz CT molecular complexity index is 989. The molecule has 1 aromatic carbocycles. The van der Waals surface area contributed by atoms with Gasteiger partial charge in [-0.3, -0.25) is 19.1 Å². The van der Waals surface area contributed by atoms with Crippen molar-refractivity contribution in [2.24, 2.45) is 0 Å². The summed E-state index contributed by atoms with van der Waals surface area (Å²) in [4.78, 5) is 36.1. The summed E-state index contributed by atoms with van der Waals surface area (Å²) in [6.07, 6.45) is 7.99. The molecule has 7 heteroatoms. The summed E-state index contributed by atoms with van der Waals surface area (Å²) in [5.41, 5.74) is 2.03.